The Balaban J connectivity index is 2.32. The van der Waals surface area contributed by atoms with Crippen molar-refractivity contribution >= 4 is 27.9 Å². The second-order valence-electron chi connectivity index (χ2n) is 5.39. The molecule has 6 nitrogen and oxygen atoms in total. The normalized spacial score (nSPS) is 23.4. The highest BCUT2D eigenvalue weighted by Crippen LogP contribution is 2.45. The second kappa shape index (κ2) is 5.49. The maximum atomic E-state index is 11.4. The standard InChI is InChI=1S/C13H21N3O3S/c1-13(18)4-3-6-16(7-5-13)12-9(19-2)8(14)10(20-12)11(15)17/h18H,3-7,14H2,1-2H3,(H2,15,17). The lowest BCUT2D eigenvalue weighted by molar-refractivity contribution is 0.0481. The molecule has 0 aromatic carbocycles. The van der Waals surface area contributed by atoms with E-state index in [1.54, 1.807) is 0 Å². The van der Waals surface area contributed by atoms with Crippen LogP contribution in [0, 0.1) is 0 Å². The average molecular weight is 299 g/mol. The van der Waals surface area contributed by atoms with Gasteiger partial charge in [-0.15, -0.1) is 11.3 Å². The van der Waals surface area contributed by atoms with Crippen molar-refractivity contribution < 1.29 is 14.6 Å². The molecule has 0 saturated carbocycles. The third-order valence-electron chi connectivity index (χ3n) is 3.66. The molecule has 0 bridgehead atoms. The van der Waals surface area contributed by atoms with E-state index in [0.717, 1.165) is 24.4 Å². The highest BCUT2D eigenvalue weighted by Gasteiger charge is 2.29. The van der Waals surface area contributed by atoms with Crippen LogP contribution in [0.1, 0.15) is 35.9 Å². The fourth-order valence-corrected chi connectivity index (χ4v) is 3.57. The summed E-state index contributed by atoms with van der Waals surface area (Å²) >= 11 is 1.25. The number of ether oxygens (including phenoxy) is 1. The molecule has 112 valence electrons. The maximum Gasteiger partial charge on any atom is 0.261 e. The van der Waals surface area contributed by atoms with Crippen LogP contribution in [0.2, 0.25) is 0 Å². The van der Waals surface area contributed by atoms with Gasteiger partial charge in [-0.1, -0.05) is 0 Å². The number of carbonyl (C=O) groups excluding carboxylic acids is 1. The summed E-state index contributed by atoms with van der Waals surface area (Å²) in [7, 11) is 1.53. The van der Waals surface area contributed by atoms with Crippen LogP contribution in [0.15, 0.2) is 0 Å². The summed E-state index contributed by atoms with van der Waals surface area (Å²) in [5.41, 5.74) is 10.9. The van der Waals surface area contributed by atoms with E-state index in [0.29, 0.717) is 29.3 Å². The third kappa shape index (κ3) is 2.83. The first-order chi connectivity index (χ1) is 9.35. The molecule has 20 heavy (non-hydrogen) atoms. The van der Waals surface area contributed by atoms with E-state index < -0.39 is 11.5 Å². The number of nitrogens with zero attached hydrogens (tertiary/aromatic N) is 1. The number of carbonyl (C=O) groups is 1. The van der Waals surface area contributed by atoms with Crippen LogP contribution in [0.25, 0.3) is 0 Å². The van der Waals surface area contributed by atoms with Crippen LogP contribution in [-0.2, 0) is 0 Å². The summed E-state index contributed by atoms with van der Waals surface area (Å²) in [6.07, 6.45) is 2.30. The van der Waals surface area contributed by atoms with E-state index >= 15 is 0 Å². The van der Waals surface area contributed by atoms with Gasteiger partial charge in [-0.25, -0.2) is 0 Å². The summed E-state index contributed by atoms with van der Waals surface area (Å²) in [4.78, 5) is 13.8. The first-order valence-electron chi connectivity index (χ1n) is 6.59. The van der Waals surface area contributed by atoms with Gasteiger partial charge in [-0.05, 0) is 26.2 Å². The number of anilines is 2. The number of nitrogen functional groups attached to an aromatic ring is 1. The van der Waals surface area contributed by atoms with E-state index in [4.69, 9.17) is 16.2 Å². The van der Waals surface area contributed by atoms with Gasteiger partial charge in [0, 0.05) is 13.1 Å². The Hall–Kier alpha value is -1.47. The number of hydrogen-bond donors (Lipinski definition) is 3. The van der Waals surface area contributed by atoms with Crippen LogP contribution in [0.3, 0.4) is 0 Å². The predicted octanol–water partition coefficient (Wildman–Crippen LogP) is 1.18. The molecule has 0 spiro atoms. The molecule has 1 fully saturated rings. The first kappa shape index (κ1) is 14.9. The van der Waals surface area contributed by atoms with Gasteiger partial charge in [-0.2, -0.15) is 0 Å². The molecule has 2 rings (SSSR count). The molecule has 2 heterocycles. The van der Waals surface area contributed by atoms with Crippen molar-refractivity contribution in [1.82, 2.24) is 0 Å². The van der Waals surface area contributed by atoms with E-state index in [1.165, 1.54) is 18.4 Å². The smallest absolute Gasteiger partial charge is 0.261 e. The zero-order valence-corrected chi connectivity index (χ0v) is 12.6. The van der Waals surface area contributed by atoms with Gasteiger partial charge in [0.25, 0.3) is 5.91 Å². The monoisotopic (exact) mass is 299 g/mol. The fourth-order valence-electron chi connectivity index (χ4n) is 2.47. The van der Waals surface area contributed by atoms with E-state index in [1.807, 2.05) is 6.92 Å². The third-order valence-corrected chi connectivity index (χ3v) is 4.92. The van der Waals surface area contributed by atoms with E-state index in [2.05, 4.69) is 4.90 Å². The minimum absolute atomic E-state index is 0.302. The molecule has 5 N–H and O–H groups in total. The van der Waals surface area contributed by atoms with Crippen molar-refractivity contribution in [1.29, 1.82) is 0 Å². The highest BCUT2D eigenvalue weighted by atomic mass is 32.1. The van der Waals surface area contributed by atoms with Crippen molar-refractivity contribution in [3.63, 3.8) is 0 Å². The van der Waals surface area contributed by atoms with E-state index in [9.17, 15) is 9.90 Å². The van der Waals surface area contributed by atoms with Gasteiger partial charge in [0.15, 0.2) is 5.75 Å². The van der Waals surface area contributed by atoms with Crippen LogP contribution >= 0.6 is 11.3 Å². The number of methoxy groups -OCH3 is 1. The van der Waals surface area contributed by atoms with Crippen molar-refractivity contribution in [2.75, 3.05) is 30.8 Å². The molecular weight excluding hydrogens is 278 g/mol. The Kier molecular flexibility index (Phi) is 4.10. The molecule has 0 radical (unpaired) electrons. The molecule has 1 aromatic heterocycles. The maximum absolute atomic E-state index is 11.4. The van der Waals surface area contributed by atoms with Crippen molar-refractivity contribution in [2.45, 2.75) is 31.8 Å². The molecule has 1 aliphatic rings. The quantitative estimate of drug-likeness (QED) is 0.778. The molecular formula is C13H21N3O3S. The van der Waals surface area contributed by atoms with Gasteiger partial charge in [0.1, 0.15) is 15.6 Å². The van der Waals surface area contributed by atoms with Gasteiger partial charge < -0.3 is 26.2 Å². The number of aliphatic hydroxyl groups is 1. The molecule has 1 amide bonds. The minimum Gasteiger partial charge on any atom is -0.492 e. The largest absolute Gasteiger partial charge is 0.492 e. The summed E-state index contributed by atoms with van der Waals surface area (Å²) in [5.74, 6) is -0.0378. The van der Waals surface area contributed by atoms with Crippen LogP contribution in [-0.4, -0.2) is 36.8 Å². The number of amides is 1. The van der Waals surface area contributed by atoms with Crippen molar-refractivity contribution in [3.05, 3.63) is 4.88 Å². The summed E-state index contributed by atoms with van der Waals surface area (Å²) in [5, 5.41) is 11.0. The summed E-state index contributed by atoms with van der Waals surface area (Å²) in [6.45, 7) is 3.34. The van der Waals surface area contributed by atoms with Gasteiger partial charge >= 0.3 is 0 Å². The highest BCUT2D eigenvalue weighted by molar-refractivity contribution is 7.19. The fraction of sp³-hybridized carbons (Fsp3) is 0.615. The Morgan fingerprint density at radius 3 is 2.75 bits per heavy atom. The lowest BCUT2D eigenvalue weighted by Crippen LogP contribution is -2.28. The number of rotatable bonds is 3. The SMILES string of the molecule is COc1c(N2CCCC(C)(O)CC2)sc(C(N)=O)c1N. The second-order valence-corrected chi connectivity index (χ2v) is 6.38. The Morgan fingerprint density at radius 2 is 2.15 bits per heavy atom. The zero-order valence-electron chi connectivity index (χ0n) is 11.8. The number of thiophene rings is 1. The predicted molar refractivity (Wildman–Crippen MR) is 80.5 cm³/mol. The van der Waals surface area contributed by atoms with Crippen LogP contribution in [0.4, 0.5) is 10.7 Å². The minimum atomic E-state index is -0.642. The topological polar surface area (TPSA) is 102 Å². The number of primary amides is 1. The Labute approximate surface area is 122 Å². The zero-order chi connectivity index (χ0) is 14.9. The Morgan fingerprint density at radius 1 is 1.45 bits per heavy atom. The molecule has 1 atom stereocenters. The molecule has 1 aliphatic heterocycles. The number of hydrogen-bond acceptors (Lipinski definition) is 6. The molecule has 7 heteroatoms. The summed E-state index contributed by atoms with van der Waals surface area (Å²) < 4.78 is 5.33. The van der Waals surface area contributed by atoms with Gasteiger partial charge in [0.05, 0.1) is 12.7 Å². The Bertz CT molecular complexity index is 513. The lowest BCUT2D eigenvalue weighted by Gasteiger charge is -2.23. The van der Waals surface area contributed by atoms with Crippen molar-refractivity contribution in [2.24, 2.45) is 5.73 Å². The lowest BCUT2D eigenvalue weighted by atomic mass is 9.98. The molecule has 1 aromatic rings. The number of nitrogens with two attached hydrogens (primary N) is 2. The molecule has 0 aliphatic carbocycles. The first-order valence-corrected chi connectivity index (χ1v) is 7.41. The van der Waals surface area contributed by atoms with Crippen molar-refractivity contribution in [3.8, 4) is 5.75 Å². The van der Waals surface area contributed by atoms with Crippen LogP contribution in [0.5, 0.6) is 5.75 Å². The summed E-state index contributed by atoms with van der Waals surface area (Å²) in [6, 6.07) is 0. The molecule has 1 unspecified atom stereocenters. The van der Waals surface area contributed by atoms with E-state index in [-0.39, 0.29) is 0 Å². The molecule has 1 saturated heterocycles. The van der Waals surface area contributed by atoms with Crippen LogP contribution < -0.4 is 21.1 Å². The van der Waals surface area contributed by atoms with Gasteiger partial charge in [0.2, 0.25) is 0 Å². The van der Waals surface area contributed by atoms with Gasteiger partial charge in [-0.3, -0.25) is 4.79 Å². The average Bonchev–Trinajstić information content (AvgIpc) is 2.59.